The van der Waals surface area contributed by atoms with Crippen molar-refractivity contribution in [2.75, 3.05) is 18.8 Å². The number of hydrogen-bond donors (Lipinski definition) is 1. The number of carbonyl (C=O) groups is 1. The zero-order chi connectivity index (χ0) is 16.1. The van der Waals surface area contributed by atoms with E-state index in [4.69, 9.17) is 5.73 Å². The lowest BCUT2D eigenvalue weighted by atomic mass is 9.92. The number of carbonyl (C=O) groups excluding carboxylic acids is 1. The first kappa shape index (κ1) is 18.3. The summed E-state index contributed by atoms with van der Waals surface area (Å²) in [6.07, 6.45) is 3.76. The average Bonchev–Trinajstić information content (AvgIpc) is 2.84. The first-order valence-corrected chi connectivity index (χ1v) is 8.39. The van der Waals surface area contributed by atoms with Gasteiger partial charge in [0.2, 0.25) is 5.91 Å². The number of nitrogens with two attached hydrogens (primary N) is 1. The second-order valence-corrected chi connectivity index (χ2v) is 6.34. The molecule has 2 N–H and O–H groups in total. The van der Waals surface area contributed by atoms with E-state index in [1.54, 1.807) is 0 Å². The van der Waals surface area contributed by atoms with E-state index in [9.17, 15) is 4.79 Å². The molecule has 1 atom stereocenters. The summed E-state index contributed by atoms with van der Waals surface area (Å²) in [5.74, 6) is 0.800. The number of amides is 1. The van der Waals surface area contributed by atoms with Gasteiger partial charge >= 0.3 is 0 Å². The van der Waals surface area contributed by atoms with Crippen molar-refractivity contribution in [2.24, 2.45) is 0 Å². The molecular formula is C20H25ClN2O. The van der Waals surface area contributed by atoms with Crippen molar-refractivity contribution in [2.45, 2.75) is 31.6 Å². The zero-order valence-corrected chi connectivity index (χ0v) is 14.7. The Kier molecular flexibility index (Phi) is 6.68. The van der Waals surface area contributed by atoms with Gasteiger partial charge in [0.25, 0.3) is 0 Å². The van der Waals surface area contributed by atoms with Crippen LogP contribution in [0.3, 0.4) is 0 Å². The fourth-order valence-corrected chi connectivity index (χ4v) is 3.33. The van der Waals surface area contributed by atoms with Gasteiger partial charge in [0.1, 0.15) is 0 Å². The zero-order valence-electron chi connectivity index (χ0n) is 13.9. The third-order valence-corrected chi connectivity index (χ3v) is 4.69. The lowest BCUT2D eigenvalue weighted by Gasteiger charge is -2.21. The van der Waals surface area contributed by atoms with Crippen LogP contribution in [0.1, 0.15) is 36.3 Å². The maximum absolute atomic E-state index is 12.5. The molecule has 1 saturated heterocycles. The number of likely N-dealkylation sites (tertiary alicyclic amines) is 1. The lowest BCUT2D eigenvalue weighted by molar-refractivity contribution is -0.130. The van der Waals surface area contributed by atoms with Gasteiger partial charge in [-0.05, 0) is 48.4 Å². The molecule has 0 spiro atoms. The Balaban J connectivity index is 0.00000208. The quantitative estimate of drug-likeness (QED) is 0.854. The van der Waals surface area contributed by atoms with Gasteiger partial charge in [0.05, 0.1) is 6.42 Å². The van der Waals surface area contributed by atoms with Gasteiger partial charge in [-0.25, -0.2) is 0 Å². The second kappa shape index (κ2) is 8.74. The SMILES string of the molecule is Cl.Nc1ccc(CC(=O)N2CCCC(c3ccccc3)CC2)cc1. The molecule has 1 aliphatic rings. The number of nitrogen functional groups attached to an aromatic ring is 1. The smallest absolute Gasteiger partial charge is 0.226 e. The minimum absolute atomic E-state index is 0. The molecule has 24 heavy (non-hydrogen) atoms. The predicted octanol–water partition coefficient (Wildman–Crippen LogP) is 4.03. The van der Waals surface area contributed by atoms with Crippen LogP contribution in [0.5, 0.6) is 0 Å². The third kappa shape index (κ3) is 4.75. The Hall–Kier alpha value is -2.00. The molecule has 0 bridgehead atoms. The first-order valence-electron chi connectivity index (χ1n) is 8.39. The molecule has 1 aliphatic heterocycles. The molecule has 4 heteroatoms. The Morgan fingerprint density at radius 2 is 1.71 bits per heavy atom. The van der Waals surface area contributed by atoms with Crippen LogP contribution in [0.15, 0.2) is 54.6 Å². The normalized spacial score (nSPS) is 17.7. The van der Waals surface area contributed by atoms with Gasteiger partial charge < -0.3 is 10.6 Å². The Morgan fingerprint density at radius 3 is 2.42 bits per heavy atom. The Bertz CT molecular complexity index is 642. The standard InChI is InChI=1S/C20H24N2O.ClH/c21-19-10-8-16(9-11-19)15-20(23)22-13-4-7-18(12-14-22)17-5-2-1-3-6-17;/h1-3,5-6,8-11,18H,4,7,12-15,21H2;1H. The molecule has 1 heterocycles. The van der Waals surface area contributed by atoms with Crippen LogP contribution in [0.25, 0.3) is 0 Å². The van der Waals surface area contributed by atoms with E-state index in [0.717, 1.165) is 43.6 Å². The Morgan fingerprint density at radius 1 is 1.00 bits per heavy atom. The van der Waals surface area contributed by atoms with Crippen LogP contribution < -0.4 is 5.73 Å². The molecular weight excluding hydrogens is 320 g/mol. The predicted molar refractivity (Wildman–Crippen MR) is 101 cm³/mol. The average molecular weight is 345 g/mol. The van der Waals surface area contributed by atoms with Crippen molar-refractivity contribution in [3.8, 4) is 0 Å². The summed E-state index contributed by atoms with van der Waals surface area (Å²) in [6, 6.07) is 18.3. The molecule has 0 radical (unpaired) electrons. The molecule has 1 fully saturated rings. The summed E-state index contributed by atoms with van der Waals surface area (Å²) in [7, 11) is 0. The lowest BCUT2D eigenvalue weighted by Crippen LogP contribution is -2.33. The van der Waals surface area contributed by atoms with Gasteiger partial charge in [0.15, 0.2) is 0 Å². The fraction of sp³-hybridized carbons (Fsp3) is 0.350. The molecule has 1 unspecified atom stereocenters. The summed E-state index contributed by atoms with van der Waals surface area (Å²) < 4.78 is 0. The van der Waals surface area contributed by atoms with E-state index >= 15 is 0 Å². The molecule has 128 valence electrons. The number of rotatable bonds is 3. The van der Waals surface area contributed by atoms with Gasteiger partial charge in [0, 0.05) is 18.8 Å². The second-order valence-electron chi connectivity index (χ2n) is 6.34. The molecule has 0 aliphatic carbocycles. The summed E-state index contributed by atoms with van der Waals surface area (Å²) in [5.41, 5.74) is 8.87. The van der Waals surface area contributed by atoms with Crippen molar-refractivity contribution in [1.29, 1.82) is 0 Å². The highest BCUT2D eigenvalue weighted by atomic mass is 35.5. The van der Waals surface area contributed by atoms with Crippen LogP contribution in [0, 0.1) is 0 Å². The van der Waals surface area contributed by atoms with E-state index in [1.165, 1.54) is 5.56 Å². The largest absolute Gasteiger partial charge is 0.399 e. The van der Waals surface area contributed by atoms with Gasteiger partial charge in [-0.1, -0.05) is 42.5 Å². The topological polar surface area (TPSA) is 46.3 Å². The minimum atomic E-state index is 0. The van der Waals surface area contributed by atoms with Crippen LogP contribution in [0.2, 0.25) is 0 Å². The van der Waals surface area contributed by atoms with Crippen LogP contribution in [-0.2, 0) is 11.2 Å². The fourth-order valence-electron chi connectivity index (χ4n) is 3.33. The van der Waals surface area contributed by atoms with Crippen molar-refractivity contribution >= 4 is 24.0 Å². The van der Waals surface area contributed by atoms with Crippen molar-refractivity contribution < 1.29 is 4.79 Å². The molecule has 2 aromatic carbocycles. The van der Waals surface area contributed by atoms with E-state index in [1.807, 2.05) is 29.2 Å². The number of anilines is 1. The van der Waals surface area contributed by atoms with E-state index in [0.29, 0.717) is 12.3 Å². The van der Waals surface area contributed by atoms with Gasteiger partial charge in [-0.15, -0.1) is 12.4 Å². The number of benzene rings is 2. The van der Waals surface area contributed by atoms with Crippen LogP contribution in [0.4, 0.5) is 5.69 Å². The monoisotopic (exact) mass is 344 g/mol. The highest BCUT2D eigenvalue weighted by Gasteiger charge is 2.21. The van der Waals surface area contributed by atoms with Crippen molar-refractivity contribution in [1.82, 2.24) is 4.90 Å². The third-order valence-electron chi connectivity index (χ3n) is 4.69. The molecule has 3 nitrogen and oxygen atoms in total. The molecule has 0 saturated carbocycles. The number of hydrogen-bond acceptors (Lipinski definition) is 2. The maximum Gasteiger partial charge on any atom is 0.226 e. The summed E-state index contributed by atoms with van der Waals surface area (Å²) in [6.45, 7) is 1.73. The number of halogens is 1. The molecule has 0 aromatic heterocycles. The summed E-state index contributed by atoms with van der Waals surface area (Å²) in [4.78, 5) is 14.6. The molecule has 1 amide bonds. The van der Waals surface area contributed by atoms with E-state index in [-0.39, 0.29) is 18.3 Å². The van der Waals surface area contributed by atoms with E-state index in [2.05, 4.69) is 30.3 Å². The highest BCUT2D eigenvalue weighted by Crippen LogP contribution is 2.28. The molecule has 2 aromatic rings. The first-order chi connectivity index (χ1) is 11.2. The highest BCUT2D eigenvalue weighted by molar-refractivity contribution is 5.85. The summed E-state index contributed by atoms with van der Waals surface area (Å²) >= 11 is 0. The number of nitrogens with zero attached hydrogens (tertiary/aromatic N) is 1. The van der Waals surface area contributed by atoms with Crippen molar-refractivity contribution in [3.05, 3.63) is 65.7 Å². The van der Waals surface area contributed by atoms with Crippen molar-refractivity contribution in [3.63, 3.8) is 0 Å². The van der Waals surface area contributed by atoms with Crippen LogP contribution in [-0.4, -0.2) is 23.9 Å². The summed E-state index contributed by atoms with van der Waals surface area (Å²) in [5, 5.41) is 0. The maximum atomic E-state index is 12.5. The van der Waals surface area contributed by atoms with Crippen LogP contribution >= 0.6 is 12.4 Å². The van der Waals surface area contributed by atoms with E-state index < -0.39 is 0 Å². The molecule has 3 rings (SSSR count). The van der Waals surface area contributed by atoms with Gasteiger partial charge in [-0.3, -0.25) is 4.79 Å². The Labute approximate surface area is 150 Å². The minimum Gasteiger partial charge on any atom is -0.399 e. The van der Waals surface area contributed by atoms with Gasteiger partial charge in [-0.2, -0.15) is 0 Å².